The lowest BCUT2D eigenvalue weighted by Crippen LogP contribution is -2.12. The van der Waals surface area contributed by atoms with Gasteiger partial charge in [-0.15, -0.1) is 11.3 Å². The molecule has 0 bridgehead atoms. The van der Waals surface area contributed by atoms with E-state index in [1.54, 1.807) is 41.8 Å². The Hall–Kier alpha value is -2.08. The zero-order valence-corrected chi connectivity index (χ0v) is 9.72. The van der Waals surface area contributed by atoms with E-state index in [9.17, 15) is 0 Å². The van der Waals surface area contributed by atoms with Crippen LogP contribution in [0.5, 0.6) is 5.75 Å². The summed E-state index contributed by atoms with van der Waals surface area (Å²) in [4.78, 5) is 4.11. The Kier molecular flexibility index (Phi) is 3.56. The smallest absolute Gasteiger partial charge is 0.170 e. The Morgan fingerprint density at radius 3 is 2.76 bits per heavy atom. The maximum absolute atomic E-state index is 8.51. The van der Waals surface area contributed by atoms with Crippen molar-refractivity contribution >= 4 is 17.2 Å². The molecule has 0 spiro atoms. The van der Waals surface area contributed by atoms with E-state index in [2.05, 4.69) is 10.1 Å². The Bertz CT molecular complexity index is 494. The van der Waals surface area contributed by atoms with Crippen molar-refractivity contribution in [3.8, 4) is 5.75 Å². The van der Waals surface area contributed by atoms with Crippen molar-refractivity contribution in [1.82, 2.24) is 4.98 Å². The molecule has 0 saturated carbocycles. The Balaban J connectivity index is 1.99. The van der Waals surface area contributed by atoms with Crippen LogP contribution in [-0.4, -0.2) is 16.0 Å². The number of nitrogens with two attached hydrogens (primary N) is 1. The van der Waals surface area contributed by atoms with Crippen LogP contribution in [-0.2, 0) is 6.61 Å². The van der Waals surface area contributed by atoms with E-state index < -0.39 is 0 Å². The van der Waals surface area contributed by atoms with Gasteiger partial charge in [0.2, 0.25) is 0 Å². The third-order valence-electron chi connectivity index (χ3n) is 2.10. The highest BCUT2D eigenvalue weighted by molar-refractivity contribution is 7.09. The van der Waals surface area contributed by atoms with Crippen molar-refractivity contribution in [2.45, 2.75) is 6.61 Å². The average Bonchev–Trinajstić information content (AvgIpc) is 2.89. The van der Waals surface area contributed by atoms with Gasteiger partial charge in [-0.1, -0.05) is 5.16 Å². The summed E-state index contributed by atoms with van der Waals surface area (Å²) < 4.78 is 5.52. The molecule has 3 N–H and O–H groups in total. The number of hydrogen-bond acceptors (Lipinski definition) is 5. The van der Waals surface area contributed by atoms with Gasteiger partial charge in [0, 0.05) is 17.1 Å². The first-order chi connectivity index (χ1) is 8.29. The maximum atomic E-state index is 8.51. The van der Waals surface area contributed by atoms with Crippen LogP contribution in [0.4, 0.5) is 0 Å². The summed E-state index contributed by atoms with van der Waals surface area (Å²) in [7, 11) is 0. The first kappa shape index (κ1) is 11.4. The standard InChI is InChI=1S/C11H11N3O2S/c12-11(14-15)8-1-3-9(4-2-8)16-7-10-13-5-6-17-10/h1-6,15H,7H2,(H2,12,14). The molecular weight excluding hydrogens is 238 g/mol. The molecule has 6 heteroatoms. The van der Waals surface area contributed by atoms with Crippen molar-refractivity contribution in [2.24, 2.45) is 10.9 Å². The topological polar surface area (TPSA) is 80.7 Å². The highest BCUT2D eigenvalue weighted by Gasteiger charge is 2.01. The highest BCUT2D eigenvalue weighted by atomic mass is 32.1. The monoisotopic (exact) mass is 249 g/mol. The van der Waals surface area contributed by atoms with Gasteiger partial charge in [-0.05, 0) is 24.3 Å². The van der Waals surface area contributed by atoms with Gasteiger partial charge < -0.3 is 15.7 Å². The van der Waals surface area contributed by atoms with Crippen LogP contribution in [0.25, 0.3) is 0 Å². The minimum Gasteiger partial charge on any atom is -0.486 e. The van der Waals surface area contributed by atoms with Gasteiger partial charge in [0.1, 0.15) is 17.4 Å². The fourth-order valence-corrected chi connectivity index (χ4v) is 1.78. The minimum absolute atomic E-state index is 0.0801. The number of amidine groups is 1. The summed E-state index contributed by atoms with van der Waals surface area (Å²) in [6.45, 7) is 0.445. The summed E-state index contributed by atoms with van der Waals surface area (Å²) in [6.07, 6.45) is 1.74. The van der Waals surface area contributed by atoms with Crippen molar-refractivity contribution in [3.05, 3.63) is 46.4 Å². The number of thiazole rings is 1. The van der Waals surface area contributed by atoms with Crippen LogP contribution in [0.1, 0.15) is 10.6 Å². The molecule has 0 atom stereocenters. The number of hydrogen-bond donors (Lipinski definition) is 2. The number of ether oxygens (including phenoxy) is 1. The molecule has 0 radical (unpaired) electrons. The highest BCUT2D eigenvalue weighted by Crippen LogP contribution is 2.14. The molecule has 0 fully saturated rings. The first-order valence-electron chi connectivity index (χ1n) is 4.88. The summed E-state index contributed by atoms with van der Waals surface area (Å²) in [6, 6.07) is 6.99. The normalized spacial score (nSPS) is 11.4. The second-order valence-corrected chi connectivity index (χ2v) is 4.20. The molecule has 1 heterocycles. The first-order valence-corrected chi connectivity index (χ1v) is 5.76. The number of rotatable bonds is 4. The van der Waals surface area contributed by atoms with Gasteiger partial charge >= 0.3 is 0 Å². The quantitative estimate of drug-likeness (QED) is 0.375. The van der Waals surface area contributed by atoms with E-state index in [0.717, 1.165) is 10.8 Å². The average molecular weight is 249 g/mol. The van der Waals surface area contributed by atoms with Crippen molar-refractivity contribution < 1.29 is 9.94 Å². The van der Waals surface area contributed by atoms with Gasteiger partial charge in [0.25, 0.3) is 0 Å². The lowest BCUT2D eigenvalue weighted by molar-refractivity contribution is 0.305. The number of oxime groups is 1. The second-order valence-electron chi connectivity index (χ2n) is 3.22. The van der Waals surface area contributed by atoms with Gasteiger partial charge in [0.05, 0.1) is 0 Å². The summed E-state index contributed by atoms with van der Waals surface area (Å²) in [5.74, 6) is 0.797. The van der Waals surface area contributed by atoms with Crippen molar-refractivity contribution in [1.29, 1.82) is 0 Å². The molecule has 1 aromatic carbocycles. The van der Waals surface area contributed by atoms with Gasteiger partial charge in [-0.25, -0.2) is 4.98 Å². The lowest BCUT2D eigenvalue weighted by Gasteiger charge is -2.04. The Morgan fingerprint density at radius 1 is 1.41 bits per heavy atom. The molecule has 17 heavy (non-hydrogen) atoms. The summed E-state index contributed by atoms with van der Waals surface area (Å²) in [5.41, 5.74) is 6.09. The minimum atomic E-state index is 0.0801. The number of nitrogens with zero attached hydrogens (tertiary/aromatic N) is 2. The molecule has 0 amide bonds. The molecule has 0 aliphatic carbocycles. The third kappa shape index (κ3) is 2.94. The Labute approximate surface area is 102 Å². The van der Waals surface area contributed by atoms with E-state index >= 15 is 0 Å². The molecule has 5 nitrogen and oxygen atoms in total. The van der Waals surface area contributed by atoms with E-state index in [1.165, 1.54) is 0 Å². The predicted octanol–water partition coefficient (Wildman–Crippen LogP) is 1.82. The van der Waals surface area contributed by atoms with E-state index in [0.29, 0.717) is 12.2 Å². The molecule has 1 aromatic heterocycles. The summed E-state index contributed by atoms with van der Waals surface area (Å²) >= 11 is 1.55. The zero-order chi connectivity index (χ0) is 12.1. The number of aromatic nitrogens is 1. The predicted molar refractivity (Wildman–Crippen MR) is 65.4 cm³/mol. The molecule has 2 rings (SSSR count). The van der Waals surface area contributed by atoms with E-state index in [-0.39, 0.29) is 5.84 Å². The largest absolute Gasteiger partial charge is 0.486 e. The molecule has 2 aromatic rings. The van der Waals surface area contributed by atoms with E-state index in [4.69, 9.17) is 15.7 Å². The lowest BCUT2D eigenvalue weighted by atomic mass is 10.2. The Morgan fingerprint density at radius 2 is 2.18 bits per heavy atom. The summed E-state index contributed by atoms with van der Waals surface area (Å²) in [5, 5.41) is 14.3. The molecule has 0 saturated heterocycles. The van der Waals surface area contributed by atoms with Crippen LogP contribution in [0.3, 0.4) is 0 Å². The molecular formula is C11H11N3O2S. The van der Waals surface area contributed by atoms with Crippen LogP contribution in [0, 0.1) is 0 Å². The second kappa shape index (κ2) is 5.31. The molecule has 0 unspecified atom stereocenters. The molecule has 0 aliphatic heterocycles. The van der Waals surface area contributed by atoms with Gasteiger partial charge in [-0.2, -0.15) is 0 Å². The maximum Gasteiger partial charge on any atom is 0.170 e. The number of benzene rings is 1. The van der Waals surface area contributed by atoms with Crippen molar-refractivity contribution in [3.63, 3.8) is 0 Å². The van der Waals surface area contributed by atoms with Crippen LogP contribution in [0.15, 0.2) is 41.0 Å². The van der Waals surface area contributed by atoms with Crippen molar-refractivity contribution in [2.75, 3.05) is 0 Å². The fourth-order valence-electron chi connectivity index (χ4n) is 1.25. The molecule has 88 valence electrons. The van der Waals surface area contributed by atoms with Crippen LogP contribution in [0.2, 0.25) is 0 Å². The van der Waals surface area contributed by atoms with Gasteiger partial charge in [0.15, 0.2) is 5.84 Å². The molecule has 0 aliphatic rings. The SMILES string of the molecule is NC(=NO)c1ccc(OCc2nccs2)cc1. The fraction of sp³-hybridized carbons (Fsp3) is 0.0909. The zero-order valence-electron chi connectivity index (χ0n) is 8.91. The van der Waals surface area contributed by atoms with Crippen LogP contribution < -0.4 is 10.5 Å². The van der Waals surface area contributed by atoms with Crippen LogP contribution >= 0.6 is 11.3 Å². The van der Waals surface area contributed by atoms with Gasteiger partial charge in [-0.3, -0.25) is 0 Å². The third-order valence-corrected chi connectivity index (χ3v) is 2.86. The van der Waals surface area contributed by atoms with E-state index in [1.807, 2.05) is 5.38 Å².